The largest absolute Gasteiger partial charge is 0.493 e. The lowest BCUT2D eigenvalue weighted by Gasteiger charge is -2.23. The molecule has 6 heteroatoms. The van der Waals surface area contributed by atoms with Gasteiger partial charge >= 0.3 is 0 Å². The first kappa shape index (κ1) is 15.3. The van der Waals surface area contributed by atoms with Gasteiger partial charge in [0.25, 0.3) is 0 Å². The highest BCUT2D eigenvalue weighted by Crippen LogP contribution is 2.22. The smallest absolute Gasteiger partial charge is 0.224 e. The molecule has 0 radical (unpaired) electrons. The van der Waals surface area contributed by atoms with Crippen LogP contribution < -0.4 is 15.8 Å². The first-order chi connectivity index (χ1) is 9.97. The molecule has 1 aromatic carbocycles. The van der Waals surface area contributed by atoms with Crippen LogP contribution in [0.5, 0.6) is 5.75 Å². The Morgan fingerprint density at radius 3 is 2.95 bits per heavy atom. The molecule has 0 aliphatic carbocycles. The van der Waals surface area contributed by atoms with Crippen LogP contribution in [0.1, 0.15) is 25.3 Å². The summed E-state index contributed by atoms with van der Waals surface area (Å²) in [6, 6.07) is 7.15. The molecular weight excluding hydrogens is 286 g/mol. The van der Waals surface area contributed by atoms with E-state index in [2.05, 4.69) is 10.3 Å². The summed E-state index contributed by atoms with van der Waals surface area (Å²) in [7, 11) is 0. The second-order valence-electron chi connectivity index (χ2n) is 5.18. The van der Waals surface area contributed by atoms with Gasteiger partial charge in [0.2, 0.25) is 5.91 Å². The van der Waals surface area contributed by atoms with Crippen LogP contribution >= 0.6 is 11.3 Å². The maximum atomic E-state index is 12.0. The molecular formula is C15H19N3O2S. The highest BCUT2D eigenvalue weighted by Gasteiger charge is 2.25. The number of carbonyl (C=O) groups is 1. The predicted molar refractivity (Wildman–Crippen MR) is 84.2 cm³/mol. The SMILES string of the molecule is CC(C)(NC(=O)CCOc1cccc(N)c1)c1nccs1. The van der Waals surface area contributed by atoms with Crippen LogP contribution in [0.15, 0.2) is 35.8 Å². The minimum absolute atomic E-state index is 0.0703. The van der Waals surface area contributed by atoms with Crippen molar-refractivity contribution in [3.63, 3.8) is 0 Å². The lowest BCUT2D eigenvalue weighted by molar-refractivity contribution is -0.123. The van der Waals surface area contributed by atoms with E-state index in [9.17, 15) is 4.79 Å². The number of ether oxygens (including phenoxy) is 1. The van der Waals surface area contributed by atoms with E-state index in [1.54, 1.807) is 18.3 Å². The van der Waals surface area contributed by atoms with E-state index >= 15 is 0 Å². The molecule has 3 N–H and O–H groups in total. The van der Waals surface area contributed by atoms with Crippen molar-refractivity contribution in [2.45, 2.75) is 25.8 Å². The number of nitrogen functional groups attached to an aromatic ring is 1. The molecule has 0 aliphatic heterocycles. The Morgan fingerprint density at radius 1 is 1.48 bits per heavy atom. The van der Waals surface area contributed by atoms with E-state index in [4.69, 9.17) is 10.5 Å². The predicted octanol–water partition coefficient (Wildman–Crippen LogP) is 2.55. The molecule has 0 saturated carbocycles. The average Bonchev–Trinajstić information content (AvgIpc) is 2.92. The highest BCUT2D eigenvalue weighted by atomic mass is 32.1. The van der Waals surface area contributed by atoms with Gasteiger partial charge in [-0.3, -0.25) is 4.79 Å². The molecule has 2 rings (SSSR count). The Kier molecular flexibility index (Phi) is 4.80. The number of hydrogen-bond donors (Lipinski definition) is 2. The Balaban J connectivity index is 1.80. The van der Waals surface area contributed by atoms with Crippen molar-refractivity contribution in [1.82, 2.24) is 10.3 Å². The Bertz CT molecular complexity index is 597. The summed E-state index contributed by atoms with van der Waals surface area (Å²) in [6.07, 6.45) is 2.01. The molecule has 2 aromatic rings. The van der Waals surface area contributed by atoms with Crippen LogP contribution in [0.2, 0.25) is 0 Å². The summed E-state index contributed by atoms with van der Waals surface area (Å²) in [6.45, 7) is 4.17. The first-order valence-electron chi connectivity index (χ1n) is 6.67. The van der Waals surface area contributed by atoms with Crippen LogP contribution in [0.4, 0.5) is 5.69 Å². The zero-order valence-corrected chi connectivity index (χ0v) is 12.9. The van der Waals surface area contributed by atoms with E-state index < -0.39 is 5.54 Å². The Hall–Kier alpha value is -2.08. The van der Waals surface area contributed by atoms with Gasteiger partial charge < -0.3 is 15.8 Å². The van der Waals surface area contributed by atoms with E-state index in [0.29, 0.717) is 18.0 Å². The fourth-order valence-electron chi connectivity index (χ4n) is 1.86. The quantitative estimate of drug-likeness (QED) is 0.804. The van der Waals surface area contributed by atoms with Crippen molar-refractivity contribution in [3.05, 3.63) is 40.8 Å². The number of nitrogens with one attached hydrogen (secondary N) is 1. The van der Waals surface area contributed by atoms with Crippen molar-refractivity contribution in [1.29, 1.82) is 0 Å². The summed E-state index contributed by atoms with van der Waals surface area (Å²) in [5.74, 6) is 0.598. The van der Waals surface area contributed by atoms with E-state index in [-0.39, 0.29) is 12.3 Å². The van der Waals surface area contributed by atoms with Crippen LogP contribution in [-0.2, 0) is 10.3 Å². The summed E-state index contributed by atoms with van der Waals surface area (Å²) >= 11 is 1.52. The van der Waals surface area contributed by atoms with Gasteiger partial charge in [-0.2, -0.15) is 0 Å². The topological polar surface area (TPSA) is 77.2 Å². The Morgan fingerprint density at radius 2 is 2.29 bits per heavy atom. The molecule has 112 valence electrons. The normalized spacial score (nSPS) is 11.1. The molecule has 0 fully saturated rings. The lowest BCUT2D eigenvalue weighted by atomic mass is 10.1. The van der Waals surface area contributed by atoms with Gasteiger partial charge in [-0.25, -0.2) is 4.98 Å². The molecule has 0 spiro atoms. The minimum atomic E-state index is -0.470. The van der Waals surface area contributed by atoms with Crippen LogP contribution in [-0.4, -0.2) is 17.5 Å². The zero-order chi connectivity index (χ0) is 15.3. The van der Waals surface area contributed by atoms with E-state index in [1.165, 1.54) is 11.3 Å². The van der Waals surface area contributed by atoms with Crippen molar-refractivity contribution >= 4 is 22.9 Å². The van der Waals surface area contributed by atoms with Gasteiger partial charge in [0.05, 0.1) is 18.6 Å². The molecule has 0 bridgehead atoms. The number of amides is 1. The first-order valence-corrected chi connectivity index (χ1v) is 7.55. The van der Waals surface area contributed by atoms with Crippen molar-refractivity contribution < 1.29 is 9.53 Å². The van der Waals surface area contributed by atoms with E-state index in [0.717, 1.165) is 5.01 Å². The van der Waals surface area contributed by atoms with Gasteiger partial charge in [0.15, 0.2) is 0 Å². The molecule has 0 atom stereocenters. The number of carbonyl (C=O) groups excluding carboxylic acids is 1. The molecule has 0 unspecified atom stereocenters. The van der Waals surface area contributed by atoms with Crippen LogP contribution in [0, 0.1) is 0 Å². The molecule has 5 nitrogen and oxygen atoms in total. The molecule has 21 heavy (non-hydrogen) atoms. The van der Waals surface area contributed by atoms with E-state index in [1.807, 2.05) is 31.4 Å². The number of aromatic nitrogens is 1. The maximum Gasteiger partial charge on any atom is 0.224 e. The second kappa shape index (κ2) is 6.58. The summed E-state index contributed by atoms with van der Waals surface area (Å²) in [5, 5.41) is 5.74. The third-order valence-electron chi connectivity index (χ3n) is 2.87. The number of thiazole rings is 1. The number of nitrogens with zero attached hydrogens (tertiary/aromatic N) is 1. The third kappa shape index (κ3) is 4.46. The van der Waals surface area contributed by atoms with Crippen molar-refractivity contribution in [2.24, 2.45) is 0 Å². The van der Waals surface area contributed by atoms with Crippen molar-refractivity contribution in [3.8, 4) is 5.75 Å². The average molecular weight is 305 g/mol. The molecule has 1 aromatic heterocycles. The van der Waals surface area contributed by atoms with Gasteiger partial charge in [0.1, 0.15) is 10.8 Å². The molecule has 1 amide bonds. The number of hydrogen-bond acceptors (Lipinski definition) is 5. The highest BCUT2D eigenvalue weighted by molar-refractivity contribution is 7.09. The summed E-state index contributed by atoms with van der Waals surface area (Å²) in [4.78, 5) is 16.2. The second-order valence-corrected chi connectivity index (χ2v) is 6.08. The number of rotatable bonds is 6. The zero-order valence-electron chi connectivity index (χ0n) is 12.1. The summed E-state index contributed by atoms with van der Waals surface area (Å²) in [5.41, 5.74) is 5.83. The molecule has 1 heterocycles. The standard InChI is InChI=1S/C15H19N3O2S/c1-15(2,14-17-7-9-21-14)18-13(19)6-8-20-12-5-3-4-11(16)10-12/h3-5,7,9-10H,6,8,16H2,1-2H3,(H,18,19). The molecule has 0 aliphatic rings. The minimum Gasteiger partial charge on any atom is -0.493 e. The Labute approximate surface area is 128 Å². The van der Waals surface area contributed by atoms with Gasteiger partial charge in [-0.15, -0.1) is 11.3 Å². The van der Waals surface area contributed by atoms with Crippen molar-refractivity contribution in [2.75, 3.05) is 12.3 Å². The van der Waals surface area contributed by atoms with Crippen LogP contribution in [0.3, 0.4) is 0 Å². The monoisotopic (exact) mass is 305 g/mol. The molecule has 0 saturated heterocycles. The maximum absolute atomic E-state index is 12.0. The number of nitrogens with two attached hydrogens (primary N) is 1. The fourth-order valence-corrected chi connectivity index (χ4v) is 2.58. The third-order valence-corrected chi connectivity index (χ3v) is 3.97. The number of anilines is 1. The van der Waals surface area contributed by atoms with Crippen LogP contribution in [0.25, 0.3) is 0 Å². The lowest BCUT2D eigenvalue weighted by Crippen LogP contribution is -2.41. The van der Waals surface area contributed by atoms with Gasteiger partial charge in [-0.05, 0) is 26.0 Å². The summed E-state index contributed by atoms with van der Waals surface area (Å²) < 4.78 is 5.51. The van der Waals surface area contributed by atoms with Gasteiger partial charge in [0, 0.05) is 23.3 Å². The number of benzene rings is 1. The fraction of sp³-hybridized carbons (Fsp3) is 0.333. The van der Waals surface area contributed by atoms with Gasteiger partial charge in [-0.1, -0.05) is 6.07 Å².